The normalized spacial score (nSPS) is 13.7. The summed E-state index contributed by atoms with van der Waals surface area (Å²) in [4.78, 5) is 58.2. The molecule has 3 rings (SSSR count). The van der Waals surface area contributed by atoms with Crippen molar-refractivity contribution in [2.24, 2.45) is 11.7 Å². The molecule has 0 aromatic carbocycles. The van der Waals surface area contributed by atoms with Crippen LogP contribution in [0.1, 0.15) is 61.8 Å². The topological polar surface area (TPSA) is 244 Å². The molecule has 21 nitrogen and oxygen atoms in total. The van der Waals surface area contributed by atoms with Crippen LogP contribution in [0.5, 0.6) is 0 Å². The van der Waals surface area contributed by atoms with E-state index in [0.717, 1.165) is 16.9 Å². The highest BCUT2D eigenvalue weighted by molar-refractivity contribution is 7.13. The first-order valence-corrected chi connectivity index (χ1v) is 24.8. The number of hydrogen-bond donors (Lipinski definition) is 3. The lowest BCUT2D eigenvalue weighted by Gasteiger charge is -2.39. The molecule has 0 bridgehead atoms. The van der Waals surface area contributed by atoms with Crippen molar-refractivity contribution in [3.05, 3.63) is 32.7 Å². The lowest BCUT2D eigenvalue weighted by molar-refractivity contribution is -0.181. The van der Waals surface area contributed by atoms with Gasteiger partial charge in [-0.2, -0.15) is 0 Å². The number of thiophene rings is 1. The zero-order valence-corrected chi connectivity index (χ0v) is 41.8. The number of hydroxylamine groups is 2. The maximum atomic E-state index is 13.6. The SMILES string of the molecule is CCCN(OCCNC(=O)OC(C)C)C(=O)C1=Cc2sc(CC3CN(C(=O)CCOCCOCCOCCOCCOCCOCCOCCOCCOCCOCCC(=O)O)C3)cc2C=C(N)C1. The molecule has 0 spiro atoms. The van der Waals surface area contributed by atoms with Gasteiger partial charge in [0.25, 0.3) is 5.91 Å². The Bertz CT molecular complexity index is 1640. The quantitative estimate of drug-likeness (QED) is 0.0629. The fraction of sp³-hybridized carbons (Fsp3) is 0.745. The van der Waals surface area contributed by atoms with Gasteiger partial charge in [0, 0.05) is 53.6 Å². The van der Waals surface area contributed by atoms with E-state index in [1.54, 1.807) is 25.2 Å². The number of aliphatic carboxylic acids is 1. The van der Waals surface area contributed by atoms with Crippen molar-refractivity contribution in [1.29, 1.82) is 0 Å². The number of amides is 3. The largest absolute Gasteiger partial charge is 0.481 e. The van der Waals surface area contributed by atoms with Crippen LogP contribution in [0, 0.1) is 5.92 Å². The molecule has 1 aromatic rings. The van der Waals surface area contributed by atoms with Crippen molar-refractivity contribution in [1.82, 2.24) is 15.3 Å². The van der Waals surface area contributed by atoms with Crippen LogP contribution in [-0.2, 0) is 77.7 Å². The maximum absolute atomic E-state index is 13.6. The van der Waals surface area contributed by atoms with Gasteiger partial charge in [-0.3, -0.25) is 19.2 Å². The molecule has 1 aliphatic heterocycles. The number of likely N-dealkylation sites (tertiary alicyclic amines) is 1. The molecular formula is C47H78N4O17S. The van der Waals surface area contributed by atoms with Gasteiger partial charge in [-0.1, -0.05) is 6.92 Å². The van der Waals surface area contributed by atoms with Crippen molar-refractivity contribution in [2.45, 2.75) is 59.0 Å². The summed E-state index contributed by atoms with van der Waals surface area (Å²) in [6.07, 6.45) is 5.19. The summed E-state index contributed by atoms with van der Waals surface area (Å²) in [5.41, 5.74) is 8.46. The molecule has 1 saturated heterocycles. The number of nitrogens with zero attached hydrogens (tertiary/aromatic N) is 2. The summed E-state index contributed by atoms with van der Waals surface area (Å²) in [5, 5.41) is 12.5. The number of nitrogens with one attached hydrogen (secondary N) is 1. The number of hydrogen-bond acceptors (Lipinski definition) is 18. The number of rotatable bonds is 43. The van der Waals surface area contributed by atoms with Crippen LogP contribution in [0.4, 0.5) is 4.79 Å². The molecule has 1 fully saturated rings. The van der Waals surface area contributed by atoms with Crippen molar-refractivity contribution in [3.8, 4) is 0 Å². The van der Waals surface area contributed by atoms with Gasteiger partial charge < -0.3 is 73.2 Å². The molecule has 2 aliphatic rings. The number of carbonyl (C=O) groups excluding carboxylic acids is 3. The number of alkyl carbamates (subject to hydrolysis) is 1. The summed E-state index contributed by atoms with van der Waals surface area (Å²) in [7, 11) is 0. The highest BCUT2D eigenvalue weighted by Gasteiger charge is 2.31. The molecule has 0 saturated carbocycles. The highest BCUT2D eigenvalue weighted by Crippen LogP contribution is 2.34. The van der Waals surface area contributed by atoms with E-state index in [-0.39, 0.29) is 44.1 Å². The molecule has 2 heterocycles. The first kappa shape index (κ1) is 59.5. The van der Waals surface area contributed by atoms with Crippen LogP contribution in [0.2, 0.25) is 0 Å². The Balaban J connectivity index is 1.09. The average Bonchev–Trinajstić information content (AvgIpc) is 3.59. The molecule has 1 aromatic heterocycles. The van der Waals surface area contributed by atoms with Gasteiger partial charge in [-0.25, -0.2) is 9.86 Å². The van der Waals surface area contributed by atoms with Crippen LogP contribution >= 0.6 is 11.3 Å². The van der Waals surface area contributed by atoms with Gasteiger partial charge in [0.15, 0.2) is 0 Å². The first-order chi connectivity index (χ1) is 33.5. The Hall–Kier alpha value is -3.78. The molecule has 22 heteroatoms. The minimum absolute atomic E-state index is 0.0136. The maximum Gasteiger partial charge on any atom is 0.407 e. The van der Waals surface area contributed by atoms with Gasteiger partial charge in [0.05, 0.1) is 158 Å². The molecule has 4 N–H and O–H groups in total. The summed E-state index contributed by atoms with van der Waals surface area (Å²) in [6.45, 7) is 16.0. The Morgan fingerprint density at radius 1 is 0.710 bits per heavy atom. The summed E-state index contributed by atoms with van der Waals surface area (Å²) < 4.78 is 59.6. The zero-order valence-electron chi connectivity index (χ0n) is 41.0. The summed E-state index contributed by atoms with van der Waals surface area (Å²) in [5.74, 6) is -0.714. The van der Waals surface area contributed by atoms with E-state index < -0.39 is 12.1 Å². The van der Waals surface area contributed by atoms with E-state index in [0.29, 0.717) is 182 Å². The average molecular weight is 1000 g/mol. The van der Waals surface area contributed by atoms with Crippen molar-refractivity contribution in [3.63, 3.8) is 0 Å². The van der Waals surface area contributed by atoms with Crippen molar-refractivity contribution in [2.75, 3.05) is 165 Å². The van der Waals surface area contributed by atoms with E-state index in [1.165, 1.54) is 9.94 Å². The smallest absolute Gasteiger partial charge is 0.407 e. The van der Waals surface area contributed by atoms with E-state index >= 15 is 0 Å². The molecular weight excluding hydrogens is 925 g/mol. The second kappa shape index (κ2) is 38.0. The number of allylic oxidation sites excluding steroid dienone is 1. The predicted molar refractivity (Wildman–Crippen MR) is 255 cm³/mol. The summed E-state index contributed by atoms with van der Waals surface area (Å²) in [6, 6.07) is 2.12. The Morgan fingerprint density at radius 3 is 1.62 bits per heavy atom. The number of nitrogens with two attached hydrogens (primary N) is 1. The number of carboxylic acids is 1. The van der Waals surface area contributed by atoms with Crippen LogP contribution < -0.4 is 11.1 Å². The number of carbonyl (C=O) groups is 4. The van der Waals surface area contributed by atoms with E-state index in [1.807, 2.05) is 24.0 Å². The standard InChI is InChI=1S/C47H78N4O17S/c1-4-8-51(67-11-7-49-47(56)68-37(2)3)46(55)40-32-41(48)31-39-33-42(69-43(39)34-40)30-38-35-50(36-38)44(52)5-9-57-12-14-59-16-18-61-20-22-63-24-26-65-28-29-66-27-25-64-23-21-62-19-17-60-15-13-58-10-6-45(53)54/h31,33-34,37-38H,4-30,32,35-36,48H2,1-3H3,(H,49,56)(H,53,54). The van der Waals surface area contributed by atoms with Crippen molar-refractivity contribution >= 4 is 47.4 Å². The molecule has 0 radical (unpaired) electrons. The zero-order chi connectivity index (χ0) is 49.7. The van der Waals surface area contributed by atoms with Gasteiger partial charge in [-0.05, 0) is 56.4 Å². The van der Waals surface area contributed by atoms with E-state index in [9.17, 15) is 19.2 Å². The fourth-order valence-electron chi connectivity index (χ4n) is 6.52. The van der Waals surface area contributed by atoms with Gasteiger partial charge in [0.2, 0.25) is 5.91 Å². The van der Waals surface area contributed by atoms with Crippen LogP contribution in [0.25, 0.3) is 12.2 Å². The lowest BCUT2D eigenvalue weighted by Crippen LogP contribution is -2.50. The van der Waals surface area contributed by atoms with Gasteiger partial charge >= 0.3 is 12.1 Å². The van der Waals surface area contributed by atoms with Crippen LogP contribution in [-0.4, -0.2) is 210 Å². The highest BCUT2D eigenvalue weighted by atomic mass is 32.1. The predicted octanol–water partition coefficient (Wildman–Crippen LogP) is 3.17. The molecule has 394 valence electrons. The first-order valence-electron chi connectivity index (χ1n) is 24.0. The lowest BCUT2D eigenvalue weighted by atomic mass is 9.95. The second-order valence-corrected chi connectivity index (χ2v) is 17.3. The molecule has 69 heavy (non-hydrogen) atoms. The van der Waals surface area contributed by atoms with Crippen LogP contribution in [0.15, 0.2) is 17.3 Å². The molecule has 1 aliphatic carbocycles. The minimum Gasteiger partial charge on any atom is -0.481 e. The van der Waals surface area contributed by atoms with Gasteiger partial charge in [-0.15, -0.1) is 11.3 Å². The number of ether oxygens (including phenoxy) is 11. The van der Waals surface area contributed by atoms with E-state index in [4.69, 9.17) is 67.8 Å². The number of fused-ring (bicyclic) bond motifs is 1. The van der Waals surface area contributed by atoms with Gasteiger partial charge in [0.1, 0.15) is 0 Å². The fourth-order valence-corrected chi connectivity index (χ4v) is 7.74. The Labute approximate surface area is 411 Å². The van der Waals surface area contributed by atoms with Crippen molar-refractivity contribution < 1.29 is 81.2 Å². The monoisotopic (exact) mass is 1000 g/mol. The Kier molecular flexibility index (Phi) is 32.8. The van der Waals surface area contributed by atoms with E-state index in [2.05, 4.69) is 11.4 Å². The third-order valence-corrected chi connectivity index (χ3v) is 11.0. The molecule has 0 unspecified atom stereocenters. The third-order valence-electron chi connectivity index (χ3n) is 9.84. The second-order valence-electron chi connectivity index (χ2n) is 16.1. The van der Waals surface area contributed by atoms with Crippen LogP contribution in [0.3, 0.4) is 0 Å². The Morgan fingerprint density at radius 2 is 1.17 bits per heavy atom. The minimum atomic E-state index is -0.883. The molecule has 0 atom stereocenters. The third kappa shape index (κ3) is 28.6. The number of carboxylic acid groups (broad SMARTS) is 1. The summed E-state index contributed by atoms with van der Waals surface area (Å²) >= 11 is 1.63. The molecule has 3 amide bonds.